The number of halogens is 1. The standard InChI is InChI=1S/C27H36N4O4S3.ClH/c1-4-6-14-30(5-2)38(33,34)22-12-10-21(11-13-22)26(32)31(16-15-29-17-19-35-20-18-29)27-28-25-23(36-3)8-7-9-24(25)37-27;/h7-13H,4-6,14-20H2,1-3H3;1H. The molecular weight excluding hydrogens is 576 g/mol. The van der Waals surface area contributed by atoms with E-state index >= 15 is 0 Å². The number of rotatable bonds is 12. The Hall–Kier alpha value is -1.73. The minimum Gasteiger partial charge on any atom is -0.379 e. The lowest BCUT2D eigenvalue weighted by Gasteiger charge is -2.29. The number of morpholine rings is 1. The number of hydrogen-bond donors (Lipinski definition) is 0. The van der Waals surface area contributed by atoms with Gasteiger partial charge in [0.2, 0.25) is 10.0 Å². The van der Waals surface area contributed by atoms with Gasteiger partial charge in [-0.1, -0.05) is 37.7 Å². The molecule has 0 unspecified atom stereocenters. The van der Waals surface area contributed by atoms with E-state index in [-0.39, 0.29) is 23.2 Å². The van der Waals surface area contributed by atoms with Gasteiger partial charge < -0.3 is 4.74 Å². The van der Waals surface area contributed by atoms with Crippen LogP contribution in [0.15, 0.2) is 52.3 Å². The second kappa shape index (κ2) is 14.8. The molecule has 1 amide bonds. The molecule has 1 saturated heterocycles. The fraction of sp³-hybridized carbons (Fsp3) is 0.481. The van der Waals surface area contributed by atoms with Crippen molar-refractivity contribution in [2.24, 2.45) is 0 Å². The van der Waals surface area contributed by atoms with Crippen molar-refractivity contribution >= 4 is 66.8 Å². The van der Waals surface area contributed by atoms with E-state index in [1.54, 1.807) is 40.9 Å². The Kier molecular flexibility index (Phi) is 12.0. The van der Waals surface area contributed by atoms with Crippen LogP contribution < -0.4 is 4.90 Å². The van der Waals surface area contributed by atoms with Crippen molar-refractivity contribution in [2.45, 2.75) is 36.5 Å². The van der Waals surface area contributed by atoms with Crippen molar-refractivity contribution in [3.8, 4) is 0 Å². The first-order chi connectivity index (χ1) is 18.4. The molecule has 1 aliphatic rings. The third-order valence-corrected chi connectivity index (χ3v) is 10.5. The number of para-hydroxylation sites is 1. The van der Waals surface area contributed by atoms with E-state index < -0.39 is 10.0 Å². The zero-order valence-corrected chi connectivity index (χ0v) is 25.9. The number of carbonyl (C=O) groups is 1. The second-order valence-electron chi connectivity index (χ2n) is 9.09. The number of amides is 1. The smallest absolute Gasteiger partial charge is 0.260 e. The molecule has 3 aromatic rings. The van der Waals surface area contributed by atoms with E-state index in [0.29, 0.717) is 50.1 Å². The fourth-order valence-corrected chi connectivity index (χ4v) is 7.53. The van der Waals surface area contributed by atoms with E-state index in [9.17, 15) is 13.2 Å². The molecule has 0 aliphatic carbocycles. The van der Waals surface area contributed by atoms with Gasteiger partial charge >= 0.3 is 0 Å². The maximum absolute atomic E-state index is 13.8. The molecule has 0 spiro atoms. The fourth-order valence-electron chi connectivity index (χ4n) is 4.40. The first kappa shape index (κ1) is 31.8. The summed E-state index contributed by atoms with van der Waals surface area (Å²) in [4.78, 5) is 24.0. The molecule has 1 fully saturated rings. The molecule has 1 aromatic heterocycles. The first-order valence-electron chi connectivity index (χ1n) is 13.0. The molecule has 2 aromatic carbocycles. The molecule has 12 heteroatoms. The van der Waals surface area contributed by atoms with Gasteiger partial charge in [-0.15, -0.1) is 24.2 Å². The molecule has 0 saturated carbocycles. The monoisotopic (exact) mass is 612 g/mol. The number of thiazole rings is 1. The van der Waals surface area contributed by atoms with Gasteiger partial charge in [-0.25, -0.2) is 13.4 Å². The zero-order valence-electron chi connectivity index (χ0n) is 22.7. The Balaban J connectivity index is 0.00000420. The molecule has 214 valence electrons. The minimum absolute atomic E-state index is 0. The Labute approximate surface area is 246 Å². The normalized spacial score (nSPS) is 14.5. The van der Waals surface area contributed by atoms with Gasteiger partial charge in [0, 0.05) is 49.7 Å². The van der Waals surface area contributed by atoms with Crippen molar-refractivity contribution in [2.75, 3.05) is 63.6 Å². The number of fused-ring (bicyclic) bond motifs is 1. The number of hydrogen-bond acceptors (Lipinski definition) is 8. The maximum atomic E-state index is 13.8. The predicted molar refractivity (Wildman–Crippen MR) is 163 cm³/mol. The largest absolute Gasteiger partial charge is 0.379 e. The van der Waals surface area contributed by atoms with E-state index in [4.69, 9.17) is 9.72 Å². The number of ether oxygens (including phenoxy) is 1. The van der Waals surface area contributed by atoms with Gasteiger partial charge in [0.25, 0.3) is 5.91 Å². The number of carbonyl (C=O) groups excluding carboxylic acids is 1. The second-order valence-corrected chi connectivity index (χ2v) is 12.9. The van der Waals surface area contributed by atoms with Gasteiger partial charge in [-0.2, -0.15) is 4.31 Å². The summed E-state index contributed by atoms with van der Waals surface area (Å²) in [6.45, 7) is 9.01. The highest BCUT2D eigenvalue weighted by Crippen LogP contribution is 2.34. The summed E-state index contributed by atoms with van der Waals surface area (Å²) in [5.41, 5.74) is 1.34. The lowest BCUT2D eigenvalue weighted by Crippen LogP contribution is -2.43. The third kappa shape index (κ3) is 7.52. The summed E-state index contributed by atoms with van der Waals surface area (Å²) in [5.74, 6) is -0.190. The molecule has 1 aliphatic heterocycles. The Morgan fingerprint density at radius 1 is 1.10 bits per heavy atom. The highest BCUT2D eigenvalue weighted by molar-refractivity contribution is 7.98. The topological polar surface area (TPSA) is 83.1 Å². The molecule has 0 N–H and O–H groups in total. The Bertz CT molecular complexity index is 1330. The van der Waals surface area contributed by atoms with Gasteiger partial charge in [0.05, 0.1) is 28.3 Å². The Morgan fingerprint density at radius 3 is 2.46 bits per heavy atom. The minimum atomic E-state index is -3.61. The average Bonchev–Trinajstić information content (AvgIpc) is 3.38. The van der Waals surface area contributed by atoms with Crippen LogP contribution in [0.2, 0.25) is 0 Å². The summed E-state index contributed by atoms with van der Waals surface area (Å²) >= 11 is 3.14. The van der Waals surface area contributed by atoms with Crippen molar-refractivity contribution in [1.82, 2.24) is 14.2 Å². The van der Waals surface area contributed by atoms with Crippen LogP contribution in [0.5, 0.6) is 0 Å². The molecule has 4 rings (SSSR count). The van der Waals surface area contributed by atoms with E-state index in [1.807, 2.05) is 38.3 Å². The molecule has 39 heavy (non-hydrogen) atoms. The van der Waals surface area contributed by atoms with Crippen LogP contribution in [-0.4, -0.2) is 87.3 Å². The number of sulfonamides is 1. The van der Waals surface area contributed by atoms with Crippen LogP contribution in [0.4, 0.5) is 5.13 Å². The van der Waals surface area contributed by atoms with E-state index in [2.05, 4.69) is 4.90 Å². The number of thioether (sulfide) groups is 1. The predicted octanol–water partition coefficient (Wildman–Crippen LogP) is 5.23. The summed E-state index contributed by atoms with van der Waals surface area (Å²) in [7, 11) is -3.61. The SMILES string of the molecule is CCCCN(CC)S(=O)(=O)c1ccc(C(=O)N(CCN2CCOCC2)c2nc3c(SC)cccc3s2)cc1.Cl. The molecule has 0 atom stereocenters. The van der Waals surface area contributed by atoms with Gasteiger partial charge in [-0.05, 0) is 49.1 Å². The number of unbranched alkanes of at least 4 members (excludes halogenated alkanes) is 1. The van der Waals surface area contributed by atoms with Crippen molar-refractivity contribution in [1.29, 1.82) is 0 Å². The quantitative estimate of drug-likeness (QED) is 0.259. The average molecular weight is 613 g/mol. The van der Waals surface area contributed by atoms with Gasteiger partial charge in [0.1, 0.15) is 0 Å². The van der Waals surface area contributed by atoms with Crippen molar-refractivity contribution < 1.29 is 17.9 Å². The molecular formula is C27H37ClN4O4S3. The highest BCUT2D eigenvalue weighted by atomic mass is 35.5. The van der Waals surface area contributed by atoms with Gasteiger partial charge in [-0.3, -0.25) is 14.6 Å². The van der Waals surface area contributed by atoms with Crippen LogP contribution >= 0.6 is 35.5 Å². The third-order valence-electron chi connectivity index (χ3n) is 6.66. The van der Waals surface area contributed by atoms with Crippen LogP contribution in [0, 0.1) is 0 Å². The molecule has 0 bridgehead atoms. The molecule has 8 nitrogen and oxygen atoms in total. The lowest BCUT2D eigenvalue weighted by molar-refractivity contribution is 0.0391. The number of nitrogens with zero attached hydrogens (tertiary/aromatic N) is 4. The molecule has 2 heterocycles. The lowest BCUT2D eigenvalue weighted by atomic mass is 10.2. The van der Waals surface area contributed by atoms with Crippen molar-refractivity contribution in [3.05, 3.63) is 48.0 Å². The summed E-state index contributed by atoms with van der Waals surface area (Å²) in [6, 6.07) is 12.4. The first-order valence-corrected chi connectivity index (χ1v) is 16.5. The highest BCUT2D eigenvalue weighted by Gasteiger charge is 2.26. The maximum Gasteiger partial charge on any atom is 0.260 e. The zero-order chi connectivity index (χ0) is 27.1. The van der Waals surface area contributed by atoms with E-state index in [1.165, 1.54) is 15.6 Å². The van der Waals surface area contributed by atoms with E-state index in [0.717, 1.165) is 41.0 Å². The Morgan fingerprint density at radius 2 is 1.82 bits per heavy atom. The van der Waals surface area contributed by atoms with Crippen LogP contribution in [0.25, 0.3) is 10.2 Å². The number of benzene rings is 2. The van der Waals surface area contributed by atoms with Crippen LogP contribution in [0.3, 0.4) is 0 Å². The summed E-state index contributed by atoms with van der Waals surface area (Å²) < 4.78 is 34.3. The summed E-state index contributed by atoms with van der Waals surface area (Å²) in [6.07, 6.45) is 3.75. The molecule has 0 radical (unpaired) electrons. The van der Waals surface area contributed by atoms with Crippen molar-refractivity contribution in [3.63, 3.8) is 0 Å². The van der Waals surface area contributed by atoms with Crippen LogP contribution in [-0.2, 0) is 14.8 Å². The van der Waals surface area contributed by atoms with Crippen LogP contribution in [0.1, 0.15) is 37.0 Å². The summed E-state index contributed by atoms with van der Waals surface area (Å²) in [5, 5.41) is 0.646. The number of anilines is 1. The number of aromatic nitrogens is 1. The van der Waals surface area contributed by atoms with Gasteiger partial charge in [0.15, 0.2) is 5.13 Å².